The van der Waals surface area contributed by atoms with E-state index in [9.17, 15) is 0 Å². The molecule has 3 heteroatoms. The zero-order valence-electron chi connectivity index (χ0n) is 15.6. The van der Waals surface area contributed by atoms with Crippen LogP contribution in [0.15, 0.2) is 109 Å². The van der Waals surface area contributed by atoms with Crippen molar-refractivity contribution < 1.29 is 20.1 Å². The summed E-state index contributed by atoms with van der Waals surface area (Å²) in [4.78, 5) is 8.83. The smallest absolute Gasteiger partial charge is 0.0595 e. The number of rotatable bonds is 2. The fourth-order valence-electron chi connectivity index (χ4n) is 2.84. The van der Waals surface area contributed by atoms with Gasteiger partial charge < -0.3 is 4.98 Å². The van der Waals surface area contributed by atoms with Crippen LogP contribution < -0.4 is 0 Å². The van der Waals surface area contributed by atoms with Crippen molar-refractivity contribution in [2.45, 2.75) is 0 Å². The molecule has 0 aliphatic heterocycles. The first-order valence-electron chi connectivity index (χ1n) is 9.11. The van der Waals surface area contributed by atoms with Gasteiger partial charge in [0.1, 0.15) is 0 Å². The van der Waals surface area contributed by atoms with Gasteiger partial charge in [-0.3, -0.25) is 4.98 Å². The summed E-state index contributed by atoms with van der Waals surface area (Å²) < 4.78 is 0. The monoisotopic (exact) mass is 551 g/mol. The third-order valence-corrected chi connectivity index (χ3v) is 4.23. The number of nitrogens with zero attached hydrogens (tertiary/aromatic N) is 2. The van der Waals surface area contributed by atoms with Crippen LogP contribution in [0.2, 0.25) is 0 Å². The molecular weight excluding hydrogens is 533 g/mol. The summed E-state index contributed by atoms with van der Waals surface area (Å²) in [5.41, 5.74) is 5.04. The molecule has 0 atom stereocenters. The Bertz CT molecular complexity index is 1110. The molecule has 0 saturated heterocycles. The third kappa shape index (κ3) is 5.45. The number of para-hydroxylation sites is 1. The van der Waals surface area contributed by atoms with E-state index in [1.165, 1.54) is 5.39 Å². The van der Waals surface area contributed by atoms with Crippen molar-refractivity contribution in [1.29, 1.82) is 0 Å². The van der Waals surface area contributed by atoms with Crippen LogP contribution in [0.4, 0.5) is 0 Å². The van der Waals surface area contributed by atoms with E-state index in [4.69, 9.17) is 0 Å². The number of fused-ring (bicyclic) bond motifs is 1. The molecule has 2 aromatic heterocycles. The molecule has 0 saturated carbocycles. The first-order chi connectivity index (χ1) is 13.9. The Balaban J connectivity index is 0.000000167. The predicted octanol–water partition coefficient (Wildman–Crippen LogP) is 6.25. The quantitative estimate of drug-likeness (QED) is 0.243. The molecule has 3 aromatic carbocycles. The van der Waals surface area contributed by atoms with Crippen molar-refractivity contribution in [3.8, 4) is 22.5 Å². The summed E-state index contributed by atoms with van der Waals surface area (Å²) in [5.74, 6) is 0. The molecule has 0 aliphatic rings. The van der Waals surface area contributed by atoms with Gasteiger partial charge in [0.25, 0.3) is 0 Å². The van der Waals surface area contributed by atoms with Crippen molar-refractivity contribution in [2.24, 2.45) is 0 Å². The topological polar surface area (TPSA) is 25.8 Å². The number of hydrogen-bond acceptors (Lipinski definition) is 2. The van der Waals surface area contributed by atoms with Gasteiger partial charge in [-0.2, -0.15) is 0 Å². The standard InChI is InChI=1S/C15H10N.C11H8N.Ir/c1-2-6-12(7-3-1)15-11-10-13-8-4-5-9-14(13)16-15;1-2-6-10(7-3-1)11-8-4-5-9-12-11;/h1-6,8-11H;1-6,8-9H;/q2*-1;. The minimum atomic E-state index is 0. The van der Waals surface area contributed by atoms with Gasteiger partial charge in [-0.05, 0) is 28.9 Å². The van der Waals surface area contributed by atoms with Crippen molar-refractivity contribution in [1.82, 2.24) is 9.97 Å². The van der Waals surface area contributed by atoms with Crippen LogP contribution in [0, 0.1) is 12.1 Å². The van der Waals surface area contributed by atoms with Crippen LogP contribution in [-0.2, 0) is 20.1 Å². The Labute approximate surface area is 184 Å². The molecule has 0 aliphatic carbocycles. The van der Waals surface area contributed by atoms with Crippen molar-refractivity contribution in [2.75, 3.05) is 0 Å². The van der Waals surface area contributed by atoms with Gasteiger partial charge in [0, 0.05) is 26.3 Å². The van der Waals surface area contributed by atoms with Gasteiger partial charge in [-0.1, -0.05) is 42.5 Å². The van der Waals surface area contributed by atoms with Gasteiger partial charge in [0.05, 0.1) is 5.52 Å². The van der Waals surface area contributed by atoms with Crippen molar-refractivity contribution in [3.05, 3.63) is 121 Å². The number of hydrogen-bond donors (Lipinski definition) is 0. The molecule has 0 unspecified atom stereocenters. The maximum atomic E-state index is 4.61. The number of aromatic nitrogens is 2. The second-order valence-corrected chi connectivity index (χ2v) is 6.16. The van der Waals surface area contributed by atoms with Gasteiger partial charge in [-0.15, -0.1) is 71.8 Å². The summed E-state index contributed by atoms with van der Waals surface area (Å²) >= 11 is 0. The predicted molar refractivity (Wildman–Crippen MR) is 115 cm³/mol. The molecule has 2 heterocycles. The minimum absolute atomic E-state index is 0. The first-order valence-corrected chi connectivity index (χ1v) is 9.11. The maximum absolute atomic E-state index is 4.61. The fourth-order valence-corrected chi connectivity index (χ4v) is 2.84. The molecule has 0 fully saturated rings. The molecule has 143 valence electrons. The Hall–Kier alpha value is -3.13. The largest absolute Gasteiger partial charge is 0.305 e. The van der Waals surface area contributed by atoms with Crippen LogP contribution in [-0.4, -0.2) is 9.97 Å². The van der Waals surface area contributed by atoms with E-state index in [-0.39, 0.29) is 20.1 Å². The zero-order chi connectivity index (χ0) is 19.0. The average Bonchev–Trinajstić information content (AvgIpc) is 2.81. The molecular formula is C26H18IrN2-2. The van der Waals surface area contributed by atoms with E-state index in [2.05, 4.69) is 34.2 Å². The van der Waals surface area contributed by atoms with Crippen LogP contribution in [0.3, 0.4) is 0 Å². The molecule has 5 rings (SSSR count). The Morgan fingerprint density at radius 3 is 1.86 bits per heavy atom. The molecule has 0 spiro atoms. The van der Waals surface area contributed by atoms with Gasteiger partial charge in [0.15, 0.2) is 0 Å². The van der Waals surface area contributed by atoms with Crippen LogP contribution >= 0.6 is 0 Å². The molecule has 0 bridgehead atoms. The summed E-state index contributed by atoms with van der Waals surface area (Å²) in [6.45, 7) is 0. The van der Waals surface area contributed by atoms with Crippen LogP contribution in [0.25, 0.3) is 33.4 Å². The minimum Gasteiger partial charge on any atom is -0.305 e. The van der Waals surface area contributed by atoms with E-state index in [0.29, 0.717) is 0 Å². The Morgan fingerprint density at radius 2 is 1.21 bits per heavy atom. The van der Waals surface area contributed by atoms with Crippen molar-refractivity contribution >= 4 is 10.9 Å². The van der Waals surface area contributed by atoms with Crippen LogP contribution in [0.5, 0.6) is 0 Å². The molecule has 0 N–H and O–H groups in total. The Morgan fingerprint density at radius 1 is 0.552 bits per heavy atom. The summed E-state index contributed by atoms with van der Waals surface area (Å²) in [6, 6.07) is 40.2. The number of pyridine rings is 2. The van der Waals surface area contributed by atoms with Crippen LogP contribution in [0.1, 0.15) is 0 Å². The SMILES string of the molecule is [Ir].[c-]1ccccc1-c1ccc2ccccc2n1.[c-]1ccccc1-c1ccccn1. The molecule has 1 radical (unpaired) electrons. The first kappa shape index (κ1) is 20.6. The van der Waals surface area contributed by atoms with Crippen molar-refractivity contribution in [3.63, 3.8) is 0 Å². The molecule has 29 heavy (non-hydrogen) atoms. The second kappa shape index (κ2) is 10.4. The van der Waals surface area contributed by atoms with Gasteiger partial charge in [-0.25, -0.2) is 0 Å². The molecule has 0 amide bonds. The van der Waals surface area contributed by atoms with E-state index < -0.39 is 0 Å². The van der Waals surface area contributed by atoms with Gasteiger partial charge >= 0.3 is 0 Å². The molecule has 5 aromatic rings. The van der Waals surface area contributed by atoms with E-state index >= 15 is 0 Å². The van der Waals surface area contributed by atoms with E-state index in [0.717, 1.165) is 28.0 Å². The second-order valence-electron chi connectivity index (χ2n) is 6.16. The summed E-state index contributed by atoms with van der Waals surface area (Å²) in [5, 5.41) is 1.17. The van der Waals surface area contributed by atoms with E-state index in [1.54, 1.807) is 6.20 Å². The summed E-state index contributed by atoms with van der Waals surface area (Å²) in [6.07, 6.45) is 1.79. The Kier molecular flexibility index (Phi) is 7.40. The summed E-state index contributed by atoms with van der Waals surface area (Å²) in [7, 11) is 0. The zero-order valence-corrected chi connectivity index (χ0v) is 18.0. The maximum Gasteiger partial charge on any atom is 0.0595 e. The van der Waals surface area contributed by atoms with E-state index in [1.807, 2.05) is 91.0 Å². The third-order valence-electron chi connectivity index (χ3n) is 4.23. The normalized spacial score (nSPS) is 9.79. The van der Waals surface area contributed by atoms with Gasteiger partial charge in [0.2, 0.25) is 0 Å². The molecule has 2 nitrogen and oxygen atoms in total. The fraction of sp³-hybridized carbons (Fsp3) is 0. The number of benzene rings is 3. The average molecular weight is 551 g/mol.